The van der Waals surface area contributed by atoms with E-state index >= 15 is 0 Å². The molecule has 0 heterocycles. The van der Waals surface area contributed by atoms with Crippen LogP contribution in [0, 0.1) is 5.92 Å². The van der Waals surface area contributed by atoms with Crippen LogP contribution in [-0.4, -0.2) is 23.2 Å². The summed E-state index contributed by atoms with van der Waals surface area (Å²) >= 11 is 0. The lowest BCUT2D eigenvalue weighted by molar-refractivity contribution is -0.185. The van der Waals surface area contributed by atoms with Crippen molar-refractivity contribution in [3.05, 3.63) is 30.3 Å². The first kappa shape index (κ1) is 14.0. The zero-order valence-electron chi connectivity index (χ0n) is 9.07. The molecule has 2 N–H and O–H groups in total. The molecule has 0 saturated heterocycles. The highest BCUT2D eigenvalue weighted by atomic mass is 19.4. The first-order chi connectivity index (χ1) is 8.30. The summed E-state index contributed by atoms with van der Waals surface area (Å²) in [6.45, 7) is 0. The van der Waals surface area contributed by atoms with Crippen LogP contribution in [-0.2, 0) is 9.59 Å². The molecule has 0 aliphatic carbocycles. The molecular weight excluding hydrogens is 251 g/mol. The highest BCUT2D eigenvalue weighted by Gasteiger charge is 2.46. The minimum atomic E-state index is -4.89. The first-order valence-corrected chi connectivity index (χ1v) is 4.95. The molecule has 0 aromatic heterocycles. The van der Waals surface area contributed by atoms with Gasteiger partial charge in [0.05, 0.1) is 6.42 Å². The van der Waals surface area contributed by atoms with Gasteiger partial charge in [-0.15, -0.1) is 0 Å². The molecular formula is C11H10F3NO3. The molecule has 1 unspecified atom stereocenters. The normalized spacial score (nSPS) is 12.8. The second-order valence-corrected chi connectivity index (χ2v) is 3.55. The Hall–Kier alpha value is -2.05. The summed E-state index contributed by atoms with van der Waals surface area (Å²) in [5, 5.41) is 10.4. The van der Waals surface area contributed by atoms with E-state index in [1.807, 2.05) is 5.32 Å². The predicted octanol–water partition coefficient (Wildman–Crippen LogP) is 2.28. The molecule has 0 fully saturated rings. The van der Waals surface area contributed by atoms with Crippen LogP contribution < -0.4 is 5.32 Å². The van der Waals surface area contributed by atoms with Crippen molar-refractivity contribution in [3.8, 4) is 0 Å². The van der Waals surface area contributed by atoms with Gasteiger partial charge in [-0.2, -0.15) is 13.2 Å². The van der Waals surface area contributed by atoms with E-state index in [1.54, 1.807) is 6.07 Å². The van der Waals surface area contributed by atoms with Gasteiger partial charge >= 0.3 is 12.1 Å². The first-order valence-electron chi connectivity index (χ1n) is 4.95. The number of halogens is 3. The van der Waals surface area contributed by atoms with Crippen molar-refractivity contribution in [2.24, 2.45) is 5.92 Å². The molecule has 98 valence electrons. The number of para-hydroxylation sites is 1. The zero-order valence-corrected chi connectivity index (χ0v) is 9.07. The third kappa shape index (κ3) is 4.08. The maximum absolute atomic E-state index is 12.5. The molecule has 0 aliphatic rings. The number of rotatable bonds is 4. The van der Waals surface area contributed by atoms with Gasteiger partial charge in [0.1, 0.15) is 5.92 Å². The Morgan fingerprint density at radius 1 is 1.22 bits per heavy atom. The van der Waals surface area contributed by atoms with E-state index in [0.717, 1.165) is 0 Å². The minimum Gasteiger partial charge on any atom is -0.481 e. The van der Waals surface area contributed by atoms with Crippen LogP contribution in [0.4, 0.5) is 18.9 Å². The molecule has 0 saturated carbocycles. The average molecular weight is 261 g/mol. The number of carbonyl (C=O) groups excluding carboxylic acids is 1. The van der Waals surface area contributed by atoms with Crippen molar-refractivity contribution < 1.29 is 27.9 Å². The van der Waals surface area contributed by atoms with E-state index in [-0.39, 0.29) is 5.69 Å². The number of amides is 1. The van der Waals surface area contributed by atoms with Gasteiger partial charge in [-0.1, -0.05) is 18.2 Å². The summed E-state index contributed by atoms with van der Waals surface area (Å²) in [6.07, 6.45) is -6.18. The van der Waals surface area contributed by atoms with Gasteiger partial charge in [0.25, 0.3) is 0 Å². The molecule has 0 radical (unpaired) electrons. The lowest BCUT2D eigenvalue weighted by Gasteiger charge is -2.17. The highest BCUT2D eigenvalue weighted by Crippen LogP contribution is 2.30. The lowest BCUT2D eigenvalue weighted by atomic mass is 10.0. The summed E-state index contributed by atoms with van der Waals surface area (Å²) in [4.78, 5) is 21.7. The van der Waals surface area contributed by atoms with Crippen LogP contribution in [0.2, 0.25) is 0 Å². The van der Waals surface area contributed by atoms with Crippen molar-refractivity contribution in [1.82, 2.24) is 0 Å². The number of carbonyl (C=O) groups is 2. The molecule has 0 bridgehead atoms. The summed E-state index contributed by atoms with van der Waals surface area (Å²) in [5.74, 6) is -5.62. The highest BCUT2D eigenvalue weighted by molar-refractivity contribution is 5.94. The Bertz CT molecular complexity index is 431. The number of nitrogens with one attached hydrogen (secondary N) is 1. The predicted molar refractivity (Wildman–Crippen MR) is 56.9 cm³/mol. The van der Waals surface area contributed by atoms with Gasteiger partial charge in [0.2, 0.25) is 5.91 Å². The maximum Gasteiger partial charge on any atom is 0.401 e. The van der Waals surface area contributed by atoms with E-state index in [4.69, 9.17) is 5.11 Å². The molecule has 1 rings (SSSR count). The largest absolute Gasteiger partial charge is 0.481 e. The van der Waals surface area contributed by atoms with Gasteiger partial charge in [-0.05, 0) is 12.1 Å². The summed E-state index contributed by atoms with van der Waals surface area (Å²) < 4.78 is 37.5. The van der Waals surface area contributed by atoms with Crippen LogP contribution in [0.15, 0.2) is 30.3 Å². The molecule has 0 aliphatic heterocycles. The number of alkyl halides is 3. The van der Waals surface area contributed by atoms with Crippen molar-refractivity contribution >= 4 is 17.6 Å². The average Bonchev–Trinajstić information content (AvgIpc) is 2.25. The van der Waals surface area contributed by atoms with Gasteiger partial charge < -0.3 is 10.4 Å². The number of carboxylic acids is 1. The minimum absolute atomic E-state index is 0.183. The van der Waals surface area contributed by atoms with Crippen LogP contribution in [0.1, 0.15) is 6.42 Å². The molecule has 7 heteroatoms. The topological polar surface area (TPSA) is 66.4 Å². The Labute approximate surface area is 100 Å². The van der Waals surface area contributed by atoms with E-state index in [0.29, 0.717) is 0 Å². The number of aliphatic carboxylic acids is 1. The number of hydrogen-bond donors (Lipinski definition) is 2. The van der Waals surface area contributed by atoms with E-state index in [9.17, 15) is 22.8 Å². The fourth-order valence-corrected chi connectivity index (χ4v) is 1.28. The molecule has 1 atom stereocenters. The van der Waals surface area contributed by atoms with Crippen molar-refractivity contribution in [2.45, 2.75) is 12.6 Å². The fraction of sp³-hybridized carbons (Fsp3) is 0.273. The third-order valence-electron chi connectivity index (χ3n) is 2.13. The SMILES string of the molecule is O=C(O)CC(C(=O)Nc1ccccc1)C(F)(F)F. The standard InChI is InChI=1S/C11H10F3NO3/c12-11(13,14)8(6-9(16)17)10(18)15-7-4-2-1-3-5-7/h1-5,8H,6H2,(H,15,18)(H,16,17). The van der Waals surface area contributed by atoms with Crippen LogP contribution in [0.25, 0.3) is 0 Å². The number of benzene rings is 1. The number of carboxylic acid groups (broad SMARTS) is 1. The van der Waals surface area contributed by atoms with Gasteiger partial charge in [-0.25, -0.2) is 0 Å². The molecule has 0 spiro atoms. The molecule has 4 nitrogen and oxygen atoms in total. The van der Waals surface area contributed by atoms with Crippen molar-refractivity contribution in [3.63, 3.8) is 0 Å². The Morgan fingerprint density at radius 3 is 2.22 bits per heavy atom. The maximum atomic E-state index is 12.5. The van der Waals surface area contributed by atoms with E-state index in [1.165, 1.54) is 24.3 Å². The van der Waals surface area contributed by atoms with Gasteiger partial charge in [0.15, 0.2) is 0 Å². The monoisotopic (exact) mass is 261 g/mol. The van der Waals surface area contributed by atoms with E-state index < -0.39 is 30.4 Å². The smallest absolute Gasteiger partial charge is 0.401 e. The van der Waals surface area contributed by atoms with E-state index in [2.05, 4.69) is 0 Å². The van der Waals surface area contributed by atoms with Gasteiger partial charge in [-0.3, -0.25) is 9.59 Å². The van der Waals surface area contributed by atoms with Crippen LogP contribution >= 0.6 is 0 Å². The Morgan fingerprint density at radius 2 is 1.78 bits per heavy atom. The van der Waals surface area contributed by atoms with Gasteiger partial charge in [0, 0.05) is 5.69 Å². The molecule has 1 amide bonds. The fourth-order valence-electron chi connectivity index (χ4n) is 1.28. The summed E-state index contributed by atoms with van der Waals surface area (Å²) in [6, 6.07) is 7.52. The Kier molecular flexibility index (Phi) is 4.30. The van der Waals surface area contributed by atoms with Crippen molar-refractivity contribution in [1.29, 1.82) is 0 Å². The third-order valence-corrected chi connectivity index (χ3v) is 2.13. The van der Waals surface area contributed by atoms with Crippen LogP contribution in [0.3, 0.4) is 0 Å². The number of hydrogen-bond acceptors (Lipinski definition) is 2. The second kappa shape index (κ2) is 5.52. The molecule has 1 aromatic rings. The Balaban J connectivity index is 2.80. The summed E-state index contributed by atoms with van der Waals surface area (Å²) in [7, 11) is 0. The quantitative estimate of drug-likeness (QED) is 0.873. The molecule has 1 aromatic carbocycles. The van der Waals surface area contributed by atoms with Crippen LogP contribution in [0.5, 0.6) is 0 Å². The lowest BCUT2D eigenvalue weighted by Crippen LogP contribution is -2.36. The summed E-state index contributed by atoms with van der Waals surface area (Å²) in [5.41, 5.74) is 0.183. The second-order valence-electron chi connectivity index (χ2n) is 3.55. The number of anilines is 1. The zero-order chi connectivity index (χ0) is 13.8. The molecule has 18 heavy (non-hydrogen) atoms. The van der Waals surface area contributed by atoms with Crippen molar-refractivity contribution in [2.75, 3.05) is 5.32 Å².